The second-order valence-electron chi connectivity index (χ2n) is 6.86. The molecule has 3 aliphatic rings. The van der Waals surface area contributed by atoms with Crippen LogP contribution < -0.4 is 10.6 Å². The summed E-state index contributed by atoms with van der Waals surface area (Å²) in [5.41, 5.74) is 0. The Hall–Kier alpha value is -1.20. The van der Waals surface area contributed by atoms with E-state index in [1.165, 1.54) is 4.90 Å². The molecule has 2 amide bonds. The van der Waals surface area contributed by atoms with Gasteiger partial charge in [0.2, 0.25) is 11.8 Å². The molecule has 1 heterocycles. The van der Waals surface area contributed by atoms with Crippen LogP contribution in [0.2, 0.25) is 0 Å². The van der Waals surface area contributed by atoms with E-state index in [4.69, 9.17) is 9.47 Å². The molecule has 0 aromatic heterocycles. The lowest BCUT2D eigenvalue weighted by Gasteiger charge is -2.18. The van der Waals surface area contributed by atoms with Gasteiger partial charge in [0.25, 0.3) is 0 Å². The van der Waals surface area contributed by atoms with Crippen LogP contribution in [-0.2, 0) is 19.1 Å². The molecule has 8 nitrogen and oxygen atoms in total. The van der Waals surface area contributed by atoms with E-state index >= 15 is 0 Å². The van der Waals surface area contributed by atoms with E-state index in [2.05, 4.69) is 27.8 Å². The number of guanidine groups is 1. The Bertz CT molecular complexity index is 568. The fourth-order valence-electron chi connectivity index (χ4n) is 4.18. The molecule has 0 spiro atoms. The number of halogens is 1. The number of nitrogens with one attached hydrogen (secondary N) is 2. The second kappa shape index (κ2) is 10.4. The molecule has 9 heteroatoms. The normalized spacial score (nSPS) is 28.5. The molecule has 2 bridgehead atoms. The van der Waals surface area contributed by atoms with Crippen LogP contribution in [-0.4, -0.2) is 76.3 Å². The van der Waals surface area contributed by atoms with E-state index in [0.717, 1.165) is 6.42 Å². The maximum atomic E-state index is 12.6. The van der Waals surface area contributed by atoms with Gasteiger partial charge in [-0.2, -0.15) is 0 Å². The number of likely N-dealkylation sites (tertiary alicyclic amines) is 1. The predicted octanol–water partition coefficient (Wildman–Crippen LogP) is 0.240. The number of carbonyl (C=O) groups excluding carboxylic acids is 2. The average Bonchev–Trinajstić information content (AvgIpc) is 3.32. The van der Waals surface area contributed by atoms with Gasteiger partial charge >= 0.3 is 0 Å². The number of nitrogens with zero attached hydrogens (tertiary/aromatic N) is 2. The van der Waals surface area contributed by atoms with Crippen LogP contribution in [0.1, 0.15) is 6.42 Å². The lowest BCUT2D eigenvalue weighted by Crippen LogP contribution is -2.44. The van der Waals surface area contributed by atoms with Crippen molar-refractivity contribution in [3.8, 4) is 0 Å². The molecular weight excluding hydrogens is 463 g/mol. The Balaban J connectivity index is 0.00000261. The highest BCUT2D eigenvalue weighted by atomic mass is 127. The summed E-state index contributed by atoms with van der Waals surface area (Å²) in [7, 11) is 3.32. The number of hydrogen-bond acceptors (Lipinski definition) is 5. The Kier molecular flexibility index (Phi) is 8.49. The molecular formula is C18H29IN4O4. The summed E-state index contributed by atoms with van der Waals surface area (Å²) in [5, 5.41) is 6.27. The number of hydrogen-bond donors (Lipinski definition) is 2. The Morgan fingerprint density at radius 2 is 1.74 bits per heavy atom. The number of carbonyl (C=O) groups is 2. The number of rotatable bonds is 9. The SMILES string of the molecule is CN=C(NCCOCCOC)NCCN1C(=O)C2C3C=CC(C3)C2C1=O.I. The van der Waals surface area contributed by atoms with Crippen molar-refractivity contribution in [2.45, 2.75) is 6.42 Å². The third kappa shape index (κ3) is 4.80. The number of imide groups is 1. The first-order valence-electron chi connectivity index (χ1n) is 9.22. The first-order chi connectivity index (χ1) is 12.7. The fraction of sp³-hybridized carbons (Fsp3) is 0.722. The summed E-state index contributed by atoms with van der Waals surface area (Å²) in [6.45, 7) is 3.14. The van der Waals surface area contributed by atoms with Crippen molar-refractivity contribution >= 4 is 41.8 Å². The Labute approximate surface area is 177 Å². The van der Waals surface area contributed by atoms with Crippen LogP contribution in [0.25, 0.3) is 0 Å². The Morgan fingerprint density at radius 3 is 2.33 bits per heavy atom. The van der Waals surface area contributed by atoms with Crippen molar-refractivity contribution in [2.75, 3.05) is 53.6 Å². The van der Waals surface area contributed by atoms with Crippen LogP contribution >= 0.6 is 24.0 Å². The van der Waals surface area contributed by atoms with Crippen molar-refractivity contribution in [2.24, 2.45) is 28.7 Å². The van der Waals surface area contributed by atoms with Gasteiger partial charge in [-0.05, 0) is 18.3 Å². The third-order valence-corrected chi connectivity index (χ3v) is 5.38. The molecule has 27 heavy (non-hydrogen) atoms. The van der Waals surface area contributed by atoms with Gasteiger partial charge in [0.05, 0.1) is 31.7 Å². The van der Waals surface area contributed by atoms with E-state index in [9.17, 15) is 9.59 Å². The largest absolute Gasteiger partial charge is 0.382 e. The van der Waals surface area contributed by atoms with Crippen LogP contribution in [0, 0.1) is 23.7 Å². The minimum absolute atomic E-state index is 0. The van der Waals surface area contributed by atoms with Gasteiger partial charge in [-0.3, -0.25) is 19.5 Å². The van der Waals surface area contributed by atoms with Crippen molar-refractivity contribution in [3.63, 3.8) is 0 Å². The van der Waals surface area contributed by atoms with Gasteiger partial charge in [0.15, 0.2) is 5.96 Å². The van der Waals surface area contributed by atoms with E-state index in [1.54, 1.807) is 14.2 Å². The van der Waals surface area contributed by atoms with Crippen LogP contribution in [0.4, 0.5) is 0 Å². The van der Waals surface area contributed by atoms with Gasteiger partial charge in [-0.1, -0.05) is 12.2 Å². The lowest BCUT2D eigenvalue weighted by molar-refractivity contribution is -0.140. The van der Waals surface area contributed by atoms with E-state index in [1.807, 2.05) is 0 Å². The molecule has 0 aromatic rings. The molecule has 0 radical (unpaired) electrons. The quantitative estimate of drug-likeness (QED) is 0.120. The van der Waals surface area contributed by atoms with E-state index in [-0.39, 0.29) is 59.5 Å². The summed E-state index contributed by atoms with van der Waals surface area (Å²) < 4.78 is 10.3. The molecule has 4 unspecified atom stereocenters. The maximum absolute atomic E-state index is 12.6. The smallest absolute Gasteiger partial charge is 0.233 e. The van der Waals surface area contributed by atoms with Gasteiger partial charge in [-0.25, -0.2) is 0 Å². The topological polar surface area (TPSA) is 92.3 Å². The Morgan fingerprint density at radius 1 is 1.11 bits per heavy atom. The minimum atomic E-state index is -0.126. The molecule has 152 valence electrons. The molecule has 4 atom stereocenters. The highest BCUT2D eigenvalue weighted by molar-refractivity contribution is 14.0. The van der Waals surface area contributed by atoms with Crippen molar-refractivity contribution < 1.29 is 19.1 Å². The highest BCUT2D eigenvalue weighted by Crippen LogP contribution is 2.52. The first-order valence-corrected chi connectivity index (χ1v) is 9.22. The minimum Gasteiger partial charge on any atom is -0.382 e. The fourth-order valence-corrected chi connectivity index (χ4v) is 4.18. The third-order valence-electron chi connectivity index (χ3n) is 5.38. The molecule has 0 aromatic carbocycles. The van der Waals surface area contributed by atoms with E-state index < -0.39 is 0 Å². The summed E-state index contributed by atoms with van der Waals surface area (Å²) >= 11 is 0. The number of ether oxygens (including phenoxy) is 2. The van der Waals surface area contributed by atoms with E-state index in [0.29, 0.717) is 45.4 Å². The molecule has 1 saturated heterocycles. The molecule has 3 rings (SSSR count). The zero-order valence-electron chi connectivity index (χ0n) is 15.8. The zero-order valence-corrected chi connectivity index (χ0v) is 18.2. The molecule has 2 N–H and O–H groups in total. The van der Waals surface area contributed by atoms with Gasteiger partial charge < -0.3 is 20.1 Å². The van der Waals surface area contributed by atoms with Crippen molar-refractivity contribution in [3.05, 3.63) is 12.2 Å². The van der Waals surface area contributed by atoms with Crippen LogP contribution in [0.5, 0.6) is 0 Å². The van der Waals surface area contributed by atoms with Gasteiger partial charge in [-0.15, -0.1) is 24.0 Å². The molecule has 2 fully saturated rings. The zero-order chi connectivity index (χ0) is 18.5. The summed E-state index contributed by atoms with van der Waals surface area (Å²) in [6, 6.07) is 0. The molecule has 1 aliphatic heterocycles. The van der Waals surface area contributed by atoms with Gasteiger partial charge in [0.1, 0.15) is 0 Å². The first kappa shape index (κ1) is 22.1. The number of amides is 2. The van der Waals surface area contributed by atoms with Crippen molar-refractivity contribution in [1.29, 1.82) is 0 Å². The predicted molar refractivity (Wildman–Crippen MR) is 112 cm³/mol. The van der Waals surface area contributed by atoms with Crippen LogP contribution in [0.3, 0.4) is 0 Å². The number of methoxy groups -OCH3 is 1. The highest BCUT2D eigenvalue weighted by Gasteiger charge is 2.58. The average molecular weight is 492 g/mol. The lowest BCUT2D eigenvalue weighted by atomic mass is 9.85. The summed E-state index contributed by atoms with van der Waals surface area (Å²) in [4.78, 5) is 30.8. The monoisotopic (exact) mass is 492 g/mol. The number of fused-ring (bicyclic) bond motifs is 5. The summed E-state index contributed by atoms with van der Waals surface area (Å²) in [5.74, 6) is 0.875. The maximum Gasteiger partial charge on any atom is 0.233 e. The number of allylic oxidation sites excluding steroid dienone is 2. The summed E-state index contributed by atoms with van der Waals surface area (Å²) in [6.07, 6.45) is 5.18. The number of aliphatic imine (C=N–C) groups is 1. The standard InChI is InChI=1S/C18H28N4O4.HI/c1-19-18(21-6-8-26-10-9-25-2)20-5-7-22-16(23)14-12-3-4-13(11-12)15(14)17(22)24;/h3-4,12-15H,5-11H2,1-2H3,(H2,19,20,21);1H. The van der Waals surface area contributed by atoms with Gasteiger partial charge in [0, 0.05) is 33.8 Å². The second-order valence-corrected chi connectivity index (χ2v) is 6.86. The van der Waals surface area contributed by atoms with Crippen molar-refractivity contribution in [1.82, 2.24) is 15.5 Å². The molecule has 1 saturated carbocycles. The molecule has 2 aliphatic carbocycles. The van der Waals surface area contributed by atoms with Crippen LogP contribution in [0.15, 0.2) is 17.1 Å².